The van der Waals surface area contributed by atoms with Crippen molar-refractivity contribution in [3.63, 3.8) is 0 Å². The summed E-state index contributed by atoms with van der Waals surface area (Å²) < 4.78 is 11.9. The predicted octanol–water partition coefficient (Wildman–Crippen LogP) is 3.37. The maximum atomic E-state index is 13.4. The number of ether oxygens (including phenoxy) is 2. The van der Waals surface area contributed by atoms with Crippen LogP contribution in [0.2, 0.25) is 0 Å². The molecule has 1 aliphatic carbocycles. The van der Waals surface area contributed by atoms with Crippen LogP contribution in [0, 0.1) is 16.7 Å². The molecule has 0 N–H and O–H groups in total. The molecule has 0 aromatic carbocycles. The average Bonchev–Trinajstić information content (AvgIpc) is 3.09. The largest absolute Gasteiger partial charge is 0.443 e. The molecule has 6 heteroatoms. The van der Waals surface area contributed by atoms with Crippen molar-refractivity contribution in [2.45, 2.75) is 70.8 Å². The van der Waals surface area contributed by atoms with Crippen molar-refractivity contribution in [1.82, 2.24) is 4.90 Å². The van der Waals surface area contributed by atoms with Crippen LogP contribution in [-0.2, 0) is 19.1 Å². The minimum Gasteiger partial charge on any atom is -0.443 e. The van der Waals surface area contributed by atoms with Crippen LogP contribution < -0.4 is 0 Å². The van der Waals surface area contributed by atoms with Crippen LogP contribution in [-0.4, -0.2) is 40.1 Å². The highest BCUT2D eigenvalue weighted by molar-refractivity contribution is 6.01. The van der Waals surface area contributed by atoms with E-state index in [1.807, 2.05) is 13.0 Å². The molecule has 4 rings (SSSR count). The highest BCUT2D eigenvalue weighted by atomic mass is 16.6. The van der Waals surface area contributed by atoms with Gasteiger partial charge in [0.25, 0.3) is 0 Å². The zero-order chi connectivity index (χ0) is 19.8. The van der Waals surface area contributed by atoms with Crippen molar-refractivity contribution < 1.29 is 23.9 Å². The molecule has 3 aliphatic heterocycles. The molecule has 3 unspecified atom stereocenters. The maximum Gasteiger partial charge on any atom is 0.419 e. The van der Waals surface area contributed by atoms with E-state index in [0.29, 0.717) is 25.7 Å². The van der Waals surface area contributed by atoms with E-state index in [9.17, 15) is 14.4 Å². The topological polar surface area (TPSA) is 72.9 Å². The fourth-order valence-electron chi connectivity index (χ4n) is 5.91. The van der Waals surface area contributed by atoms with Crippen molar-refractivity contribution in [3.05, 3.63) is 24.8 Å². The lowest BCUT2D eigenvalue weighted by atomic mass is 9.51. The van der Waals surface area contributed by atoms with Crippen molar-refractivity contribution in [1.29, 1.82) is 0 Å². The van der Waals surface area contributed by atoms with Crippen molar-refractivity contribution in [2.24, 2.45) is 16.7 Å². The second-order valence-electron chi connectivity index (χ2n) is 9.28. The van der Waals surface area contributed by atoms with Gasteiger partial charge in [-0.05, 0) is 46.1 Å². The fraction of sp³-hybridized carbons (Fsp3) is 0.667. The molecule has 0 aromatic rings. The summed E-state index contributed by atoms with van der Waals surface area (Å²) in [5.41, 5.74) is -3.73. The number of carbonyl (C=O) groups is 3. The minimum absolute atomic E-state index is 0.0995. The predicted molar refractivity (Wildman–Crippen MR) is 97.5 cm³/mol. The van der Waals surface area contributed by atoms with Gasteiger partial charge < -0.3 is 9.47 Å². The molecule has 27 heavy (non-hydrogen) atoms. The summed E-state index contributed by atoms with van der Waals surface area (Å²) in [4.78, 5) is 40.9. The molecule has 0 radical (unpaired) electrons. The Balaban J connectivity index is 1.91. The van der Waals surface area contributed by atoms with Crippen molar-refractivity contribution in [2.75, 3.05) is 0 Å². The molecule has 2 bridgehead atoms. The van der Waals surface area contributed by atoms with E-state index < -0.39 is 40.3 Å². The molecule has 2 amide bonds. The first-order valence-electron chi connectivity index (χ1n) is 9.63. The number of allylic oxidation sites excluding steroid dienone is 1. The first-order chi connectivity index (χ1) is 12.5. The Hall–Kier alpha value is -1.95. The summed E-state index contributed by atoms with van der Waals surface area (Å²) >= 11 is 0. The molecule has 4 aliphatic rings. The Bertz CT molecular complexity index is 780. The summed E-state index contributed by atoms with van der Waals surface area (Å²) in [5, 5.41) is 0. The van der Waals surface area contributed by atoms with Gasteiger partial charge in [0.15, 0.2) is 5.72 Å². The standard InChI is InChI=1S/C21H27NO5/c1-6-11-20-14(23)9-7-8-13-16(24)22(17(25)27-18(2,3)4)21(19(13,20)5)12-10-15(20)26-21/h6,10,12-13,15H,1,7-9,11H2,2-5H3/t13-,15?,19-,20?,21?/m0/s1. The van der Waals surface area contributed by atoms with E-state index in [4.69, 9.17) is 9.47 Å². The number of rotatable bonds is 2. The number of imide groups is 1. The van der Waals surface area contributed by atoms with Gasteiger partial charge in [0, 0.05) is 11.8 Å². The van der Waals surface area contributed by atoms with Gasteiger partial charge in [0.05, 0.1) is 17.4 Å². The molecule has 6 nitrogen and oxygen atoms in total. The smallest absolute Gasteiger partial charge is 0.419 e. The molecule has 1 saturated carbocycles. The lowest BCUT2D eigenvalue weighted by Crippen LogP contribution is -2.59. The van der Waals surface area contributed by atoms with E-state index in [-0.39, 0.29) is 11.7 Å². The van der Waals surface area contributed by atoms with E-state index in [1.165, 1.54) is 0 Å². The van der Waals surface area contributed by atoms with Crippen LogP contribution in [0.3, 0.4) is 0 Å². The van der Waals surface area contributed by atoms with Crippen LogP contribution >= 0.6 is 0 Å². The SMILES string of the molecule is C=CCC12C(=O)CCC[C@H]3C(=O)N(C(=O)OC(C)(C)C)C4(C=CC1O4)[C@@]32C. The molecule has 0 aromatic heterocycles. The number of carbonyl (C=O) groups excluding carboxylic acids is 3. The van der Waals surface area contributed by atoms with Gasteiger partial charge in [-0.15, -0.1) is 6.58 Å². The first kappa shape index (κ1) is 18.4. The number of amides is 2. The third-order valence-corrected chi connectivity index (χ3v) is 6.94. The fourth-order valence-corrected chi connectivity index (χ4v) is 5.91. The van der Waals surface area contributed by atoms with E-state index in [1.54, 1.807) is 32.9 Å². The number of hydrogen-bond donors (Lipinski definition) is 0. The summed E-state index contributed by atoms with van der Waals surface area (Å²) in [5.74, 6) is -0.672. The molecular formula is C21H27NO5. The number of likely N-dealkylation sites (tertiary alicyclic amines) is 1. The Morgan fingerprint density at radius 3 is 2.78 bits per heavy atom. The third kappa shape index (κ3) is 1.92. The number of hydrogen-bond acceptors (Lipinski definition) is 5. The van der Waals surface area contributed by atoms with Crippen LogP contribution in [0.25, 0.3) is 0 Å². The van der Waals surface area contributed by atoms with Gasteiger partial charge >= 0.3 is 6.09 Å². The third-order valence-electron chi connectivity index (χ3n) is 6.94. The lowest BCUT2D eigenvalue weighted by Gasteiger charge is -2.48. The zero-order valence-corrected chi connectivity index (χ0v) is 16.4. The van der Waals surface area contributed by atoms with E-state index >= 15 is 0 Å². The van der Waals surface area contributed by atoms with Crippen LogP contribution in [0.4, 0.5) is 4.79 Å². The molecular weight excluding hydrogens is 346 g/mol. The first-order valence-corrected chi connectivity index (χ1v) is 9.63. The normalized spacial score (nSPS) is 42.3. The Morgan fingerprint density at radius 2 is 2.15 bits per heavy atom. The quantitative estimate of drug-likeness (QED) is 0.694. The Labute approximate surface area is 159 Å². The summed E-state index contributed by atoms with van der Waals surface area (Å²) in [6, 6.07) is 0. The van der Waals surface area contributed by atoms with E-state index in [2.05, 4.69) is 6.58 Å². The number of fused-ring (bicyclic) bond motifs is 2. The van der Waals surface area contributed by atoms with Crippen LogP contribution in [0.15, 0.2) is 24.8 Å². The number of nitrogens with zero attached hydrogens (tertiary/aromatic N) is 1. The highest BCUT2D eigenvalue weighted by Gasteiger charge is 2.84. The summed E-state index contributed by atoms with van der Waals surface area (Å²) in [7, 11) is 0. The van der Waals surface area contributed by atoms with E-state index in [0.717, 1.165) is 4.90 Å². The molecule has 3 heterocycles. The Kier molecular flexibility index (Phi) is 3.62. The molecule has 2 saturated heterocycles. The second-order valence-corrected chi connectivity index (χ2v) is 9.28. The average molecular weight is 373 g/mol. The lowest BCUT2D eigenvalue weighted by molar-refractivity contribution is -0.144. The number of Topliss-reactive ketones (excluding diaryl/α,β-unsaturated/α-hetero) is 1. The van der Waals surface area contributed by atoms with Gasteiger partial charge in [-0.25, -0.2) is 9.69 Å². The van der Waals surface area contributed by atoms with Gasteiger partial charge in [0.2, 0.25) is 5.91 Å². The Morgan fingerprint density at radius 1 is 1.44 bits per heavy atom. The van der Waals surface area contributed by atoms with Crippen LogP contribution in [0.5, 0.6) is 0 Å². The summed E-state index contributed by atoms with van der Waals surface area (Å²) in [6.45, 7) is 11.1. The van der Waals surface area contributed by atoms with Gasteiger partial charge in [0.1, 0.15) is 11.4 Å². The number of ketones is 1. The second kappa shape index (κ2) is 5.31. The molecule has 1 spiro atoms. The maximum absolute atomic E-state index is 13.4. The minimum atomic E-state index is -1.27. The zero-order valence-electron chi connectivity index (χ0n) is 16.4. The summed E-state index contributed by atoms with van der Waals surface area (Å²) in [6.07, 6.45) is 6.22. The molecule has 5 atom stereocenters. The van der Waals surface area contributed by atoms with Gasteiger partial charge in [-0.3, -0.25) is 9.59 Å². The highest BCUT2D eigenvalue weighted by Crippen LogP contribution is 2.73. The van der Waals surface area contributed by atoms with Crippen LogP contribution in [0.1, 0.15) is 53.4 Å². The van der Waals surface area contributed by atoms with Gasteiger partial charge in [-0.2, -0.15) is 0 Å². The monoisotopic (exact) mass is 373 g/mol. The van der Waals surface area contributed by atoms with Crippen molar-refractivity contribution >= 4 is 17.8 Å². The molecule has 146 valence electrons. The molecule has 3 fully saturated rings. The van der Waals surface area contributed by atoms with Crippen molar-refractivity contribution in [3.8, 4) is 0 Å². The van der Waals surface area contributed by atoms with Gasteiger partial charge in [-0.1, -0.05) is 19.1 Å².